The van der Waals surface area contributed by atoms with Crippen molar-refractivity contribution in [3.63, 3.8) is 0 Å². The third-order valence-electron chi connectivity index (χ3n) is 2.45. The molecule has 8 heteroatoms. The molecule has 18 heavy (non-hydrogen) atoms. The molecule has 1 aliphatic heterocycles. The second kappa shape index (κ2) is 5.67. The van der Waals surface area contributed by atoms with Crippen molar-refractivity contribution in [1.82, 2.24) is 15.2 Å². The third kappa shape index (κ3) is 3.33. The van der Waals surface area contributed by atoms with E-state index in [2.05, 4.69) is 10.3 Å². The summed E-state index contributed by atoms with van der Waals surface area (Å²) in [5.74, 6) is -0.197. The first-order chi connectivity index (χ1) is 8.65. The van der Waals surface area contributed by atoms with E-state index in [1.165, 1.54) is 16.2 Å². The Morgan fingerprint density at radius 3 is 3.11 bits per heavy atom. The molecule has 7 nitrogen and oxygen atoms in total. The minimum absolute atomic E-state index is 0.0397. The first-order valence-corrected chi connectivity index (χ1v) is 6.41. The molecule has 2 rings (SSSR count). The predicted molar refractivity (Wildman–Crippen MR) is 66.2 cm³/mol. The van der Waals surface area contributed by atoms with E-state index in [4.69, 9.17) is 10.5 Å². The van der Waals surface area contributed by atoms with E-state index in [0.717, 1.165) is 5.69 Å². The fourth-order valence-corrected chi connectivity index (χ4v) is 2.16. The van der Waals surface area contributed by atoms with E-state index in [1.807, 2.05) is 5.38 Å². The SMILES string of the molecule is Nc1nc(CCNC(=O)CN2CCOC2=O)cs1. The van der Waals surface area contributed by atoms with Gasteiger partial charge in [0, 0.05) is 18.3 Å². The van der Waals surface area contributed by atoms with Crippen molar-refractivity contribution >= 4 is 28.5 Å². The molecule has 1 aliphatic rings. The van der Waals surface area contributed by atoms with E-state index in [9.17, 15) is 9.59 Å². The van der Waals surface area contributed by atoms with Crippen molar-refractivity contribution in [2.75, 3.05) is 32.0 Å². The Hall–Kier alpha value is -1.83. The van der Waals surface area contributed by atoms with E-state index in [1.54, 1.807) is 0 Å². The summed E-state index contributed by atoms with van der Waals surface area (Å²) in [6.45, 7) is 1.34. The molecule has 0 bridgehead atoms. The van der Waals surface area contributed by atoms with E-state index in [-0.39, 0.29) is 12.5 Å². The molecule has 2 amide bonds. The quantitative estimate of drug-likeness (QED) is 0.774. The number of hydrogen-bond acceptors (Lipinski definition) is 6. The van der Waals surface area contributed by atoms with Gasteiger partial charge in [0.25, 0.3) is 0 Å². The summed E-state index contributed by atoms with van der Waals surface area (Å²) < 4.78 is 4.73. The number of rotatable bonds is 5. The van der Waals surface area contributed by atoms with Gasteiger partial charge < -0.3 is 15.8 Å². The standard InChI is InChI=1S/C10H14N4O3S/c11-9-13-7(6-18-9)1-2-12-8(15)5-14-3-4-17-10(14)16/h6H,1-5H2,(H2,11,13)(H,12,15). The summed E-state index contributed by atoms with van der Waals surface area (Å²) in [5.41, 5.74) is 6.36. The van der Waals surface area contributed by atoms with Crippen LogP contribution in [0.25, 0.3) is 0 Å². The van der Waals surface area contributed by atoms with Crippen molar-refractivity contribution < 1.29 is 14.3 Å². The van der Waals surface area contributed by atoms with Crippen molar-refractivity contribution in [3.05, 3.63) is 11.1 Å². The van der Waals surface area contributed by atoms with Gasteiger partial charge in [0.05, 0.1) is 12.2 Å². The monoisotopic (exact) mass is 270 g/mol. The normalized spacial score (nSPS) is 14.7. The number of nitrogens with zero attached hydrogens (tertiary/aromatic N) is 2. The lowest BCUT2D eigenvalue weighted by molar-refractivity contribution is -0.121. The van der Waals surface area contributed by atoms with Crippen LogP contribution in [-0.2, 0) is 16.0 Å². The zero-order chi connectivity index (χ0) is 13.0. The fraction of sp³-hybridized carbons (Fsp3) is 0.500. The summed E-state index contributed by atoms with van der Waals surface area (Å²) in [6, 6.07) is 0. The Balaban J connectivity index is 1.67. The van der Waals surface area contributed by atoms with E-state index in [0.29, 0.717) is 31.2 Å². The number of thiazole rings is 1. The number of nitrogens with one attached hydrogen (secondary N) is 1. The van der Waals surface area contributed by atoms with Crippen LogP contribution in [0.15, 0.2) is 5.38 Å². The summed E-state index contributed by atoms with van der Waals surface area (Å²) in [5, 5.41) is 5.11. The van der Waals surface area contributed by atoms with Crippen LogP contribution in [0, 0.1) is 0 Å². The molecular weight excluding hydrogens is 256 g/mol. The topological polar surface area (TPSA) is 97.5 Å². The lowest BCUT2D eigenvalue weighted by atomic mass is 10.3. The Bertz CT molecular complexity index is 448. The maximum atomic E-state index is 11.5. The summed E-state index contributed by atoms with van der Waals surface area (Å²) in [4.78, 5) is 28.1. The van der Waals surface area contributed by atoms with Gasteiger partial charge in [0.1, 0.15) is 13.2 Å². The molecule has 1 fully saturated rings. The van der Waals surface area contributed by atoms with Crippen molar-refractivity contribution in [2.24, 2.45) is 0 Å². The molecule has 0 saturated carbocycles. The van der Waals surface area contributed by atoms with Crippen LogP contribution in [0.2, 0.25) is 0 Å². The number of aromatic nitrogens is 1. The van der Waals surface area contributed by atoms with Crippen LogP contribution in [0.3, 0.4) is 0 Å². The van der Waals surface area contributed by atoms with Gasteiger partial charge in [-0.3, -0.25) is 9.69 Å². The van der Waals surface area contributed by atoms with Crippen molar-refractivity contribution in [1.29, 1.82) is 0 Å². The summed E-state index contributed by atoms with van der Waals surface area (Å²) in [6.07, 6.45) is 0.196. The van der Waals surface area contributed by atoms with Gasteiger partial charge in [-0.1, -0.05) is 0 Å². The van der Waals surface area contributed by atoms with Crippen LogP contribution >= 0.6 is 11.3 Å². The number of hydrogen-bond donors (Lipinski definition) is 2. The first kappa shape index (κ1) is 12.6. The van der Waals surface area contributed by atoms with Crippen LogP contribution < -0.4 is 11.1 Å². The number of cyclic esters (lactones) is 1. The van der Waals surface area contributed by atoms with Gasteiger partial charge in [-0.05, 0) is 0 Å². The minimum Gasteiger partial charge on any atom is -0.448 e. The molecule has 0 unspecified atom stereocenters. The number of nitrogens with two attached hydrogens (primary N) is 1. The highest BCUT2D eigenvalue weighted by Crippen LogP contribution is 2.10. The lowest BCUT2D eigenvalue weighted by Crippen LogP contribution is -2.38. The average molecular weight is 270 g/mol. The maximum absolute atomic E-state index is 11.5. The minimum atomic E-state index is -0.433. The van der Waals surface area contributed by atoms with Gasteiger partial charge in [0.15, 0.2) is 5.13 Å². The molecule has 0 aliphatic carbocycles. The number of carbonyl (C=O) groups excluding carboxylic acids is 2. The molecule has 0 atom stereocenters. The molecule has 1 aromatic rings. The molecule has 0 aromatic carbocycles. The molecule has 3 N–H and O–H groups in total. The predicted octanol–water partition coefficient (Wildman–Crippen LogP) is -0.164. The van der Waals surface area contributed by atoms with Crippen LogP contribution in [0.5, 0.6) is 0 Å². The highest BCUT2D eigenvalue weighted by Gasteiger charge is 2.23. The zero-order valence-corrected chi connectivity index (χ0v) is 10.5. The van der Waals surface area contributed by atoms with Crippen LogP contribution in [0.4, 0.5) is 9.93 Å². The van der Waals surface area contributed by atoms with Crippen molar-refractivity contribution in [2.45, 2.75) is 6.42 Å². The zero-order valence-electron chi connectivity index (χ0n) is 9.72. The second-order valence-electron chi connectivity index (χ2n) is 3.81. The first-order valence-electron chi connectivity index (χ1n) is 5.53. The molecule has 1 saturated heterocycles. The molecule has 2 heterocycles. The molecule has 1 aromatic heterocycles. The second-order valence-corrected chi connectivity index (χ2v) is 4.70. The number of anilines is 1. The fourth-order valence-electron chi connectivity index (χ4n) is 1.57. The van der Waals surface area contributed by atoms with Gasteiger partial charge in [-0.2, -0.15) is 0 Å². The molecular formula is C10H14N4O3S. The number of amides is 2. The van der Waals surface area contributed by atoms with E-state index >= 15 is 0 Å². The Morgan fingerprint density at radius 2 is 2.50 bits per heavy atom. The van der Waals surface area contributed by atoms with E-state index < -0.39 is 6.09 Å². The highest BCUT2D eigenvalue weighted by atomic mass is 32.1. The van der Waals surface area contributed by atoms with Gasteiger partial charge in [-0.15, -0.1) is 11.3 Å². The highest BCUT2D eigenvalue weighted by molar-refractivity contribution is 7.13. The summed E-state index contributed by atoms with van der Waals surface area (Å²) >= 11 is 1.37. The largest absolute Gasteiger partial charge is 0.448 e. The van der Waals surface area contributed by atoms with Gasteiger partial charge in [-0.25, -0.2) is 9.78 Å². The summed E-state index contributed by atoms with van der Waals surface area (Å²) in [7, 11) is 0. The van der Waals surface area contributed by atoms with Gasteiger partial charge >= 0.3 is 6.09 Å². The van der Waals surface area contributed by atoms with Crippen LogP contribution in [0.1, 0.15) is 5.69 Å². The maximum Gasteiger partial charge on any atom is 0.410 e. The number of ether oxygens (including phenoxy) is 1. The number of nitrogen functional groups attached to an aromatic ring is 1. The Morgan fingerprint density at radius 1 is 1.67 bits per heavy atom. The number of carbonyl (C=O) groups is 2. The van der Waals surface area contributed by atoms with Gasteiger partial charge in [0.2, 0.25) is 5.91 Å². The molecule has 98 valence electrons. The smallest absolute Gasteiger partial charge is 0.410 e. The van der Waals surface area contributed by atoms with Crippen molar-refractivity contribution in [3.8, 4) is 0 Å². The molecule has 0 spiro atoms. The Labute approximate surface area is 108 Å². The van der Waals surface area contributed by atoms with Crippen LogP contribution in [-0.4, -0.2) is 48.1 Å². The average Bonchev–Trinajstić information content (AvgIpc) is 2.89. The molecule has 0 radical (unpaired) electrons. The Kier molecular flexibility index (Phi) is 3.98. The third-order valence-corrected chi connectivity index (χ3v) is 3.17. The lowest BCUT2D eigenvalue weighted by Gasteiger charge is -2.11.